The number of furan rings is 1. The quantitative estimate of drug-likeness (QED) is 0.890. The van der Waals surface area contributed by atoms with E-state index in [0.717, 1.165) is 18.4 Å². The molecule has 0 spiro atoms. The van der Waals surface area contributed by atoms with Crippen molar-refractivity contribution in [1.82, 2.24) is 4.90 Å². The first-order valence-electron chi connectivity index (χ1n) is 6.54. The molecule has 0 aromatic carbocycles. The summed E-state index contributed by atoms with van der Waals surface area (Å²) in [4.78, 5) is 25.3. The molecule has 1 saturated heterocycles. The van der Waals surface area contributed by atoms with Gasteiger partial charge in [-0.3, -0.25) is 4.79 Å². The lowest BCUT2D eigenvalue weighted by Gasteiger charge is -2.33. The van der Waals surface area contributed by atoms with Crippen LogP contribution in [0.5, 0.6) is 0 Å². The van der Waals surface area contributed by atoms with Crippen molar-refractivity contribution >= 4 is 11.9 Å². The lowest BCUT2D eigenvalue weighted by Crippen LogP contribution is -2.48. The number of carbonyl (C=O) groups excluding carboxylic acids is 1. The van der Waals surface area contributed by atoms with Crippen molar-refractivity contribution in [3.8, 4) is 0 Å². The highest BCUT2D eigenvalue weighted by molar-refractivity contribution is 5.99. The zero-order valence-corrected chi connectivity index (χ0v) is 11.5. The molecule has 0 saturated carbocycles. The van der Waals surface area contributed by atoms with Crippen molar-refractivity contribution in [1.29, 1.82) is 0 Å². The Morgan fingerprint density at radius 3 is 2.42 bits per heavy atom. The second-order valence-corrected chi connectivity index (χ2v) is 5.06. The van der Waals surface area contributed by atoms with E-state index in [1.54, 1.807) is 6.92 Å². The number of hydrogen-bond donors (Lipinski definition) is 1. The molecule has 2 heterocycles. The Labute approximate surface area is 112 Å². The molecule has 1 aliphatic heterocycles. The van der Waals surface area contributed by atoms with Gasteiger partial charge in [-0.05, 0) is 40.0 Å². The monoisotopic (exact) mass is 265 g/mol. The van der Waals surface area contributed by atoms with Crippen LogP contribution in [0.1, 0.15) is 46.7 Å². The maximum Gasteiger partial charge on any atom is 0.326 e. The molecule has 1 aromatic heterocycles. The zero-order valence-electron chi connectivity index (χ0n) is 11.5. The molecule has 1 fully saturated rings. The number of aryl methyl sites for hydroxylation is 2. The number of piperidine rings is 1. The van der Waals surface area contributed by atoms with E-state index in [0.29, 0.717) is 30.0 Å². The molecule has 2 rings (SSSR count). The van der Waals surface area contributed by atoms with Gasteiger partial charge in [-0.1, -0.05) is 0 Å². The van der Waals surface area contributed by atoms with E-state index < -0.39 is 12.0 Å². The van der Waals surface area contributed by atoms with Crippen LogP contribution < -0.4 is 0 Å². The number of amides is 1. The minimum Gasteiger partial charge on any atom is -0.480 e. The Morgan fingerprint density at radius 2 is 1.89 bits per heavy atom. The molecule has 1 atom stereocenters. The number of carboxylic acids is 1. The lowest BCUT2D eigenvalue weighted by molar-refractivity contribution is -0.143. The summed E-state index contributed by atoms with van der Waals surface area (Å²) in [5.41, 5.74) is 1.32. The fourth-order valence-corrected chi connectivity index (χ4v) is 2.68. The largest absolute Gasteiger partial charge is 0.480 e. The summed E-state index contributed by atoms with van der Waals surface area (Å²) in [6.45, 7) is 5.88. The summed E-state index contributed by atoms with van der Waals surface area (Å²) in [5.74, 6) is 0.127. The molecule has 1 amide bonds. The fourth-order valence-electron chi connectivity index (χ4n) is 2.68. The minimum atomic E-state index is -0.927. The molecule has 5 heteroatoms. The van der Waals surface area contributed by atoms with Crippen LogP contribution in [0.4, 0.5) is 0 Å². The van der Waals surface area contributed by atoms with Gasteiger partial charge in [-0.25, -0.2) is 4.79 Å². The molecule has 1 unspecified atom stereocenters. The van der Waals surface area contributed by atoms with Gasteiger partial charge >= 0.3 is 5.97 Å². The summed E-state index contributed by atoms with van der Waals surface area (Å²) in [6, 6.07) is -0.713. The molecule has 0 bridgehead atoms. The Balaban J connectivity index is 2.34. The zero-order chi connectivity index (χ0) is 14.2. The summed E-state index contributed by atoms with van der Waals surface area (Å²) in [6.07, 6.45) is 2.23. The molecule has 1 N–H and O–H groups in total. The van der Waals surface area contributed by atoms with E-state index >= 15 is 0 Å². The molecule has 5 nitrogen and oxygen atoms in total. The minimum absolute atomic E-state index is 0.223. The summed E-state index contributed by atoms with van der Waals surface area (Å²) >= 11 is 0. The molecule has 0 aliphatic carbocycles. The van der Waals surface area contributed by atoms with Crippen LogP contribution in [0, 0.1) is 20.8 Å². The Morgan fingerprint density at radius 1 is 1.21 bits per heavy atom. The number of hydrogen-bond acceptors (Lipinski definition) is 3. The van der Waals surface area contributed by atoms with Crippen LogP contribution >= 0.6 is 0 Å². The topological polar surface area (TPSA) is 70.8 Å². The number of likely N-dealkylation sites (tertiary alicyclic amines) is 1. The van der Waals surface area contributed by atoms with Crippen LogP contribution in [0.25, 0.3) is 0 Å². The third-order valence-corrected chi connectivity index (χ3v) is 3.82. The average molecular weight is 265 g/mol. The van der Waals surface area contributed by atoms with Crippen molar-refractivity contribution in [2.75, 3.05) is 6.54 Å². The van der Waals surface area contributed by atoms with Gasteiger partial charge in [0, 0.05) is 12.1 Å². The second-order valence-electron chi connectivity index (χ2n) is 5.06. The molecule has 1 aliphatic rings. The first kappa shape index (κ1) is 13.6. The van der Waals surface area contributed by atoms with E-state index in [1.807, 2.05) is 13.8 Å². The normalized spacial score (nSPS) is 19.5. The van der Waals surface area contributed by atoms with Crippen LogP contribution in [0.2, 0.25) is 0 Å². The smallest absolute Gasteiger partial charge is 0.326 e. The van der Waals surface area contributed by atoms with Crippen molar-refractivity contribution in [3.05, 3.63) is 22.6 Å². The van der Waals surface area contributed by atoms with Crippen LogP contribution in [0.3, 0.4) is 0 Å². The highest BCUT2D eigenvalue weighted by Crippen LogP contribution is 2.26. The molecule has 1 aromatic rings. The predicted octanol–water partition coefficient (Wildman–Crippen LogP) is 2.28. The van der Waals surface area contributed by atoms with E-state index in [1.165, 1.54) is 4.90 Å². The average Bonchev–Trinajstić information content (AvgIpc) is 2.62. The maximum atomic E-state index is 12.6. The third kappa shape index (κ3) is 2.37. The van der Waals surface area contributed by atoms with Gasteiger partial charge in [-0.15, -0.1) is 0 Å². The highest BCUT2D eigenvalue weighted by atomic mass is 16.4. The van der Waals surface area contributed by atoms with Gasteiger partial charge in [0.2, 0.25) is 0 Å². The predicted molar refractivity (Wildman–Crippen MR) is 69.2 cm³/mol. The fraction of sp³-hybridized carbons (Fsp3) is 0.571. The molecular weight excluding hydrogens is 246 g/mol. The van der Waals surface area contributed by atoms with E-state index in [4.69, 9.17) is 4.42 Å². The Kier molecular flexibility index (Phi) is 3.64. The molecule has 19 heavy (non-hydrogen) atoms. The van der Waals surface area contributed by atoms with Crippen LogP contribution in [-0.4, -0.2) is 34.5 Å². The number of carbonyl (C=O) groups is 2. The second kappa shape index (κ2) is 5.07. The third-order valence-electron chi connectivity index (χ3n) is 3.82. The van der Waals surface area contributed by atoms with E-state index in [9.17, 15) is 14.7 Å². The lowest BCUT2D eigenvalue weighted by atomic mass is 10.00. The summed E-state index contributed by atoms with van der Waals surface area (Å²) in [7, 11) is 0. The van der Waals surface area contributed by atoms with Gasteiger partial charge in [0.15, 0.2) is 0 Å². The summed E-state index contributed by atoms with van der Waals surface area (Å²) < 4.78 is 5.46. The van der Waals surface area contributed by atoms with Gasteiger partial charge in [0.25, 0.3) is 5.91 Å². The molecule has 0 radical (unpaired) electrons. The first-order chi connectivity index (χ1) is 8.93. The van der Waals surface area contributed by atoms with Crippen molar-refractivity contribution < 1.29 is 19.1 Å². The van der Waals surface area contributed by atoms with E-state index in [2.05, 4.69) is 0 Å². The van der Waals surface area contributed by atoms with Crippen LogP contribution in [-0.2, 0) is 4.79 Å². The molecular formula is C14H19NO4. The van der Waals surface area contributed by atoms with Gasteiger partial charge in [0.1, 0.15) is 17.6 Å². The van der Waals surface area contributed by atoms with Crippen molar-refractivity contribution in [2.24, 2.45) is 0 Å². The van der Waals surface area contributed by atoms with E-state index in [-0.39, 0.29) is 5.91 Å². The number of rotatable bonds is 2. The van der Waals surface area contributed by atoms with Gasteiger partial charge < -0.3 is 14.4 Å². The number of carboxylic acid groups (broad SMARTS) is 1. The van der Waals surface area contributed by atoms with Gasteiger partial charge in [-0.2, -0.15) is 0 Å². The maximum absolute atomic E-state index is 12.6. The highest BCUT2D eigenvalue weighted by Gasteiger charge is 2.34. The standard InChI is InChI=1S/C14H19NO4/c1-8-9(2)19-10(3)12(8)13(16)15-7-5-4-6-11(15)14(17)18/h11H,4-7H2,1-3H3,(H,17,18). The van der Waals surface area contributed by atoms with Crippen molar-refractivity contribution in [3.63, 3.8) is 0 Å². The number of nitrogens with zero attached hydrogens (tertiary/aromatic N) is 1. The summed E-state index contributed by atoms with van der Waals surface area (Å²) in [5, 5.41) is 9.23. The first-order valence-corrected chi connectivity index (χ1v) is 6.54. The number of aliphatic carboxylic acids is 1. The van der Waals surface area contributed by atoms with Crippen molar-refractivity contribution in [2.45, 2.75) is 46.1 Å². The van der Waals surface area contributed by atoms with Gasteiger partial charge in [0.05, 0.1) is 5.56 Å². The Hall–Kier alpha value is -1.78. The SMILES string of the molecule is Cc1oc(C)c(C(=O)N2CCCCC2C(=O)O)c1C. The van der Waals surface area contributed by atoms with Crippen LogP contribution in [0.15, 0.2) is 4.42 Å². The Bertz CT molecular complexity index is 518. The molecule has 104 valence electrons.